The van der Waals surface area contributed by atoms with E-state index in [1.54, 1.807) is 12.1 Å². The van der Waals surface area contributed by atoms with Crippen LogP contribution in [0.15, 0.2) is 24.3 Å². The minimum Gasteiger partial charge on any atom is -0.396 e. The summed E-state index contributed by atoms with van der Waals surface area (Å²) >= 11 is 0. The van der Waals surface area contributed by atoms with Gasteiger partial charge in [-0.1, -0.05) is 13.3 Å². The second-order valence-corrected chi connectivity index (χ2v) is 6.38. The van der Waals surface area contributed by atoms with Gasteiger partial charge in [-0.15, -0.1) is 0 Å². The van der Waals surface area contributed by atoms with Crippen molar-refractivity contribution in [1.82, 2.24) is 15.1 Å². The molecule has 0 fully saturated rings. The maximum Gasteiger partial charge on any atom is 0.251 e. The number of amides is 1. The minimum atomic E-state index is -0.487. The van der Waals surface area contributed by atoms with Crippen molar-refractivity contribution >= 4 is 5.91 Å². The first-order valence-electron chi connectivity index (χ1n) is 8.68. The van der Waals surface area contributed by atoms with Crippen LogP contribution in [0.5, 0.6) is 0 Å². The molecule has 6 heteroatoms. The molecular formula is C19H26FN3O2. The molecule has 1 amide bonds. The molecule has 1 atom stereocenters. The second-order valence-electron chi connectivity index (χ2n) is 6.38. The van der Waals surface area contributed by atoms with Crippen molar-refractivity contribution in [3.05, 3.63) is 47.0 Å². The summed E-state index contributed by atoms with van der Waals surface area (Å²) in [4.78, 5) is 12.3. The quantitative estimate of drug-likeness (QED) is 0.771. The lowest BCUT2D eigenvalue weighted by atomic mass is 10.00. The maximum absolute atomic E-state index is 14.5. The van der Waals surface area contributed by atoms with Gasteiger partial charge in [0.1, 0.15) is 11.5 Å². The number of aliphatic hydroxyl groups is 1. The van der Waals surface area contributed by atoms with Crippen molar-refractivity contribution in [3.8, 4) is 5.69 Å². The van der Waals surface area contributed by atoms with Gasteiger partial charge in [-0.2, -0.15) is 5.10 Å². The molecule has 0 aliphatic rings. The molecule has 0 saturated carbocycles. The largest absolute Gasteiger partial charge is 0.396 e. The number of rotatable bonds is 8. The van der Waals surface area contributed by atoms with E-state index in [9.17, 15) is 9.18 Å². The van der Waals surface area contributed by atoms with Crippen LogP contribution in [0.3, 0.4) is 0 Å². The van der Waals surface area contributed by atoms with Crippen molar-refractivity contribution in [2.45, 2.75) is 40.0 Å². The molecule has 2 aromatic rings. The first kappa shape index (κ1) is 19.1. The number of halogens is 1. The molecule has 1 aromatic carbocycles. The smallest absolute Gasteiger partial charge is 0.251 e. The summed E-state index contributed by atoms with van der Waals surface area (Å²) in [6.07, 6.45) is 2.58. The van der Waals surface area contributed by atoms with Gasteiger partial charge in [-0.3, -0.25) is 4.79 Å². The van der Waals surface area contributed by atoms with Crippen LogP contribution in [0.2, 0.25) is 0 Å². The van der Waals surface area contributed by atoms with E-state index >= 15 is 0 Å². The highest BCUT2D eigenvalue weighted by atomic mass is 19.1. The number of hydrogen-bond donors (Lipinski definition) is 2. The Morgan fingerprint density at radius 2 is 2.08 bits per heavy atom. The molecule has 1 aromatic heterocycles. The highest BCUT2D eigenvalue weighted by Gasteiger charge is 2.14. The van der Waals surface area contributed by atoms with E-state index in [2.05, 4.69) is 17.3 Å². The number of aromatic nitrogens is 2. The Morgan fingerprint density at radius 1 is 1.32 bits per heavy atom. The van der Waals surface area contributed by atoms with Gasteiger partial charge in [0.15, 0.2) is 0 Å². The van der Waals surface area contributed by atoms with Crippen LogP contribution in [0.25, 0.3) is 5.69 Å². The fourth-order valence-electron chi connectivity index (χ4n) is 2.97. The van der Waals surface area contributed by atoms with Gasteiger partial charge < -0.3 is 10.4 Å². The van der Waals surface area contributed by atoms with Crippen molar-refractivity contribution in [3.63, 3.8) is 0 Å². The molecular weight excluding hydrogens is 321 g/mol. The summed E-state index contributed by atoms with van der Waals surface area (Å²) in [5.74, 6) is -0.560. The maximum atomic E-state index is 14.5. The van der Waals surface area contributed by atoms with Crippen molar-refractivity contribution < 1.29 is 14.3 Å². The second kappa shape index (κ2) is 8.76. The molecule has 0 aliphatic carbocycles. The van der Waals surface area contributed by atoms with Gasteiger partial charge in [-0.25, -0.2) is 9.07 Å². The van der Waals surface area contributed by atoms with Crippen LogP contribution in [0.1, 0.15) is 47.9 Å². The fourth-order valence-corrected chi connectivity index (χ4v) is 2.97. The Hall–Kier alpha value is -2.21. The zero-order valence-corrected chi connectivity index (χ0v) is 15.1. The average Bonchev–Trinajstić information content (AvgIpc) is 2.91. The Bertz CT molecular complexity index is 721. The summed E-state index contributed by atoms with van der Waals surface area (Å²) in [7, 11) is 0. The van der Waals surface area contributed by atoms with Crippen LogP contribution >= 0.6 is 0 Å². The van der Waals surface area contributed by atoms with Gasteiger partial charge in [0.2, 0.25) is 0 Å². The van der Waals surface area contributed by atoms with E-state index in [0.29, 0.717) is 18.7 Å². The first-order valence-corrected chi connectivity index (χ1v) is 8.68. The Kier molecular flexibility index (Phi) is 6.70. The van der Waals surface area contributed by atoms with E-state index < -0.39 is 5.82 Å². The fraction of sp³-hybridized carbons (Fsp3) is 0.474. The van der Waals surface area contributed by atoms with Crippen molar-refractivity contribution in [2.24, 2.45) is 5.92 Å². The lowest BCUT2D eigenvalue weighted by Crippen LogP contribution is -2.30. The summed E-state index contributed by atoms with van der Waals surface area (Å²) < 4.78 is 16.0. The van der Waals surface area contributed by atoms with E-state index in [1.165, 1.54) is 10.7 Å². The number of benzene rings is 1. The van der Waals surface area contributed by atoms with Crippen LogP contribution in [0, 0.1) is 25.6 Å². The normalized spacial score (nSPS) is 12.2. The van der Waals surface area contributed by atoms with Crippen molar-refractivity contribution in [2.75, 3.05) is 13.2 Å². The lowest BCUT2D eigenvalue weighted by molar-refractivity contribution is 0.0942. The van der Waals surface area contributed by atoms with E-state index in [0.717, 1.165) is 24.2 Å². The monoisotopic (exact) mass is 347 g/mol. The number of carbonyl (C=O) groups excluding carboxylic acids is 1. The third-order valence-electron chi connectivity index (χ3n) is 4.23. The molecule has 2 rings (SSSR count). The summed E-state index contributed by atoms with van der Waals surface area (Å²) in [6.45, 7) is 6.36. The molecule has 0 bridgehead atoms. The molecule has 5 nitrogen and oxygen atoms in total. The zero-order valence-electron chi connectivity index (χ0n) is 15.1. The molecule has 2 N–H and O–H groups in total. The Morgan fingerprint density at radius 3 is 2.64 bits per heavy atom. The van der Waals surface area contributed by atoms with Crippen LogP contribution in [-0.4, -0.2) is 33.9 Å². The molecule has 1 unspecified atom stereocenters. The van der Waals surface area contributed by atoms with Crippen LogP contribution in [0.4, 0.5) is 4.39 Å². The zero-order chi connectivity index (χ0) is 18.4. The summed E-state index contributed by atoms with van der Waals surface area (Å²) in [5, 5.41) is 16.2. The van der Waals surface area contributed by atoms with Gasteiger partial charge >= 0.3 is 0 Å². The SMILES string of the molecule is CCCC(CCO)CNC(=O)c1ccc(-n2nc(C)cc2C)c(F)c1. The minimum absolute atomic E-state index is 0.104. The third-order valence-corrected chi connectivity index (χ3v) is 4.23. The molecule has 1 heterocycles. The van der Waals surface area contributed by atoms with E-state index in [-0.39, 0.29) is 24.0 Å². The highest BCUT2D eigenvalue weighted by Crippen LogP contribution is 2.18. The molecule has 0 spiro atoms. The number of nitrogens with one attached hydrogen (secondary N) is 1. The molecule has 0 saturated heterocycles. The van der Waals surface area contributed by atoms with Crippen LogP contribution in [-0.2, 0) is 0 Å². The van der Waals surface area contributed by atoms with E-state index in [1.807, 2.05) is 19.9 Å². The summed E-state index contributed by atoms with van der Waals surface area (Å²) in [6, 6.07) is 6.28. The molecule has 25 heavy (non-hydrogen) atoms. The number of nitrogens with zero attached hydrogens (tertiary/aromatic N) is 2. The first-order chi connectivity index (χ1) is 12.0. The van der Waals surface area contributed by atoms with Gasteiger partial charge in [0, 0.05) is 24.4 Å². The molecule has 136 valence electrons. The average molecular weight is 347 g/mol. The summed E-state index contributed by atoms with van der Waals surface area (Å²) in [5.41, 5.74) is 2.25. The molecule has 0 radical (unpaired) electrons. The van der Waals surface area contributed by atoms with Gasteiger partial charge in [0.25, 0.3) is 5.91 Å². The van der Waals surface area contributed by atoms with Crippen LogP contribution < -0.4 is 5.32 Å². The number of aryl methyl sites for hydroxylation is 2. The predicted octanol–water partition coefficient (Wildman–Crippen LogP) is 3.16. The number of carbonyl (C=O) groups is 1. The third kappa shape index (κ3) is 4.89. The predicted molar refractivity (Wildman–Crippen MR) is 95.4 cm³/mol. The Labute approximate surface area is 147 Å². The van der Waals surface area contributed by atoms with Gasteiger partial charge in [0.05, 0.1) is 5.69 Å². The topological polar surface area (TPSA) is 67.2 Å². The van der Waals surface area contributed by atoms with Crippen molar-refractivity contribution in [1.29, 1.82) is 0 Å². The highest BCUT2D eigenvalue weighted by molar-refractivity contribution is 5.94. The van der Waals surface area contributed by atoms with Gasteiger partial charge in [-0.05, 0) is 56.9 Å². The lowest BCUT2D eigenvalue weighted by Gasteiger charge is -2.16. The Balaban J connectivity index is 2.09. The standard InChI is InChI=1S/C19H26FN3O2/c1-4-5-15(8-9-24)12-21-19(25)16-6-7-18(17(20)11-16)23-14(3)10-13(2)22-23/h6-7,10-11,15,24H,4-5,8-9,12H2,1-3H3,(H,21,25). The molecule has 0 aliphatic heterocycles. The number of hydrogen-bond acceptors (Lipinski definition) is 3. The number of aliphatic hydroxyl groups excluding tert-OH is 1. The van der Waals surface area contributed by atoms with E-state index in [4.69, 9.17) is 5.11 Å².